The summed E-state index contributed by atoms with van der Waals surface area (Å²) in [5.74, 6) is -0.952. The lowest BCUT2D eigenvalue weighted by atomic mass is 10.0. The van der Waals surface area contributed by atoms with E-state index in [9.17, 15) is 22.8 Å². The molecule has 11 heteroatoms. The molecule has 1 aromatic carbocycles. The van der Waals surface area contributed by atoms with Gasteiger partial charge in [0.15, 0.2) is 5.69 Å². The van der Waals surface area contributed by atoms with Crippen LogP contribution in [0.25, 0.3) is 11.3 Å². The Morgan fingerprint density at radius 3 is 2.58 bits per heavy atom. The van der Waals surface area contributed by atoms with Gasteiger partial charge in [-0.05, 0) is 44.2 Å². The zero-order chi connectivity index (χ0) is 28.5. The fourth-order valence-electron chi connectivity index (χ4n) is 5.32. The average Bonchev–Trinajstić information content (AvgIpc) is 3.62. The summed E-state index contributed by atoms with van der Waals surface area (Å²) in [5, 5.41) is 10.8. The van der Waals surface area contributed by atoms with Crippen molar-refractivity contribution in [3.63, 3.8) is 0 Å². The highest BCUT2D eigenvalue weighted by Gasteiger charge is 2.35. The van der Waals surface area contributed by atoms with Gasteiger partial charge in [0.25, 0.3) is 5.91 Å². The van der Waals surface area contributed by atoms with E-state index < -0.39 is 29.7 Å². The minimum atomic E-state index is -4.55. The quantitative estimate of drug-likeness (QED) is 0.269. The number of rotatable bonds is 12. The lowest BCUT2D eigenvalue weighted by Gasteiger charge is -2.26. The number of benzene rings is 1. The van der Waals surface area contributed by atoms with E-state index in [1.54, 1.807) is 10.7 Å². The van der Waals surface area contributed by atoms with E-state index in [0.717, 1.165) is 57.4 Å². The first-order chi connectivity index (χ1) is 19.3. The minimum absolute atomic E-state index is 0.00862. The van der Waals surface area contributed by atoms with Gasteiger partial charge in [-0.2, -0.15) is 18.3 Å². The maximum atomic E-state index is 13.9. The number of nitrogens with zero attached hydrogens (tertiary/aromatic N) is 2. The van der Waals surface area contributed by atoms with Gasteiger partial charge in [-0.25, -0.2) is 0 Å². The van der Waals surface area contributed by atoms with Crippen LogP contribution in [0.3, 0.4) is 0 Å². The summed E-state index contributed by atoms with van der Waals surface area (Å²) in [4.78, 5) is 25.9. The number of carbonyl (C=O) groups excluding carboxylic acids is 2. The molecule has 1 aromatic heterocycles. The van der Waals surface area contributed by atoms with Gasteiger partial charge in [-0.1, -0.05) is 44.4 Å². The number of halogens is 3. The van der Waals surface area contributed by atoms with Crippen LogP contribution in [0.2, 0.25) is 0 Å². The van der Waals surface area contributed by atoms with Gasteiger partial charge < -0.3 is 20.1 Å². The first-order valence-electron chi connectivity index (χ1n) is 14.3. The van der Waals surface area contributed by atoms with Crippen molar-refractivity contribution in [1.82, 2.24) is 20.4 Å². The number of esters is 1. The smallest absolute Gasteiger partial charge is 0.417 e. The third-order valence-corrected chi connectivity index (χ3v) is 7.53. The predicted molar refractivity (Wildman–Crippen MR) is 144 cm³/mol. The van der Waals surface area contributed by atoms with E-state index in [-0.39, 0.29) is 35.5 Å². The minimum Gasteiger partial charge on any atom is -0.466 e. The van der Waals surface area contributed by atoms with Crippen molar-refractivity contribution in [1.29, 1.82) is 0 Å². The van der Waals surface area contributed by atoms with E-state index in [1.165, 1.54) is 18.2 Å². The number of unbranched alkanes of at least 4 members (excludes halogenated alkanes) is 1. The van der Waals surface area contributed by atoms with Crippen LogP contribution in [0.5, 0.6) is 0 Å². The second-order valence-corrected chi connectivity index (χ2v) is 10.6. The Morgan fingerprint density at radius 1 is 1.15 bits per heavy atom. The highest BCUT2D eigenvalue weighted by Crippen LogP contribution is 2.40. The van der Waals surface area contributed by atoms with Crippen LogP contribution in [-0.4, -0.2) is 60.1 Å². The third-order valence-electron chi connectivity index (χ3n) is 7.53. The molecule has 1 aliphatic carbocycles. The summed E-state index contributed by atoms with van der Waals surface area (Å²) >= 11 is 0. The number of hydrogen-bond donors (Lipinski definition) is 2. The first-order valence-corrected chi connectivity index (χ1v) is 14.3. The van der Waals surface area contributed by atoms with Crippen LogP contribution in [-0.2, 0) is 20.4 Å². The third kappa shape index (κ3) is 8.06. The summed E-state index contributed by atoms with van der Waals surface area (Å²) in [7, 11) is 0. The summed E-state index contributed by atoms with van der Waals surface area (Å²) in [5.41, 5.74) is -0.490. The van der Waals surface area contributed by atoms with Crippen molar-refractivity contribution < 1.29 is 32.2 Å². The molecule has 2 N–H and O–H groups in total. The SMILES string of the molecule is CCCCOC(=O)C[C@H](CNC1CCOCC1)NC(=O)c1cc(-c2ccccc2C(F)(F)F)n(C2CCCC2)n1. The van der Waals surface area contributed by atoms with E-state index in [2.05, 4.69) is 15.7 Å². The van der Waals surface area contributed by atoms with E-state index in [1.807, 2.05) is 6.92 Å². The molecule has 1 saturated carbocycles. The Labute approximate surface area is 233 Å². The second kappa shape index (κ2) is 14.1. The summed E-state index contributed by atoms with van der Waals surface area (Å²) < 4.78 is 54.0. The average molecular weight is 565 g/mol. The van der Waals surface area contributed by atoms with Crippen LogP contribution in [0.1, 0.15) is 86.8 Å². The normalized spacial score (nSPS) is 17.6. The lowest BCUT2D eigenvalue weighted by Crippen LogP contribution is -2.47. The highest BCUT2D eigenvalue weighted by molar-refractivity contribution is 5.94. The number of carbonyl (C=O) groups is 2. The monoisotopic (exact) mass is 564 g/mol. The van der Waals surface area contributed by atoms with Gasteiger partial charge in [0.1, 0.15) is 0 Å². The molecule has 0 unspecified atom stereocenters. The fourth-order valence-corrected chi connectivity index (χ4v) is 5.32. The maximum absolute atomic E-state index is 13.9. The van der Waals surface area contributed by atoms with E-state index in [4.69, 9.17) is 9.47 Å². The predicted octanol–water partition coefficient (Wildman–Crippen LogP) is 5.28. The highest BCUT2D eigenvalue weighted by atomic mass is 19.4. The Morgan fingerprint density at radius 2 is 1.88 bits per heavy atom. The molecule has 2 heterocycles. The number of aromatic nitrogens is 2. The van der Waals surface area contributed by atoms with Crippen molar-refractivity contribution >= 4 is 11.9 Å². The molecular weight excluding hydrogens is 525 g/mol. The Balaban J connectivity index is 1.56. The molecule has 2 aromatic rings. The molecule has 4 rings (SSSR count). The summed E-state index contributed by atoms with van der Waals surface area (Å²) in [6, 6.07) is 6.34. The largest absolute Gasteiger partial charge is 0.466 e. The van der Waals surface area contributed by atoms with Crippen molar-refractivity contribution in [2.75, 3.05) is 26.4 Å². The summed E-state index contributed by atoms with van der Waals surface area (Å²) in [6.45, 7) is 3.95. The van der Waals surface area contributed by atoms with Gasteiger partial charge in [0, 0.05) is 31.4 Å². The molecule has 0 bridgehead atoms. The number of nitrogens with one attached hydrogen (secondary N) is 2. The van der Waals surface area contributed by atoms with Gasteiger partial charge in [-0.15, -0.1) is 0 Å². The van der Waals surface area contributed by atoms with Gasteiger partial charge in [0.05, 0.1) is 36.4 Å². The van der Waals surface area contributed by atoms with Gasteiger partial charge >= 0.3 is 12.1 Å². The zero-order valence-corrected chi connectivity index (χ0v) is 23.0. The molecule has 1 aliphatic heterocycles. The van der Waals surface area contributed by atoms with E-state index >= 15 is 0 Å². The number of alkyl halides is 3. The van der Waals surface area contributed by atoms with Gasteiger partial charge in [-0.3, -0.25) is 14.3 Å². The second-order valence-electron chi connectivity index (χ2n) is 10.6. The van der Waals surface area contributed by atoms with Crippen LogP contribution >= 0.6 is 0 Å². The van der Waals surface area contributed by atoms with Crippen LogP contribution in [0.4, 0.5) is 13.2 Å². The topological polar surface area (TPSA) is 94.5 Å². The number of amides is 1. The molecule has 1 amide bonds. The Kier molecular flexibility index (Phi) is 10.6. The number of ether oxygens (including phenoxy) is 2. The standard InChI is InChI=1S/C29H39F3N4O4/c1-2-3-14-40-27(37)17-21(19-33-20-12-15-39-16-13-20)34-28(38)25-18-26(36(35-25)22-8-4-5-9-22)23-10-6-7-11-24(23)29(30,31)32/h6-7,10-11,18,20-22,33H,2-5,8-9,12-17,19H2,1H3,(H,34,38)/t21-/m1/s1. The molecule has 0 radical (unpaired) electrons. The molecule has 1 saturated heterocycles. The summed E-state index contributed by atoms with van der Waals surface area (Å²) in [6.07, 6.45) is 2.19. The molecule has 8 nitrogen and oxygen atoms in total. The van der Waals surface area contributed by atoms with Crippen molar-refractivity contribution in [3.05, 3.63) is 41.6 Å². The lowest BCUT2D eigenvalue weighted by molar-refractivity contribution is -0.144. The Hall–Kier alpha value is -2.92. The van der Waals surface area contributed by atoms with Crippen molar-refractivity contribution in [2.45, 2.75) is 89.0 Å². The molecule has 0 spiro atoms. The van der Waals surface area contributed by atoms with Gasteiger partial charge in [0.2, 0.25) is 0 Å². The fraction of sp³-hybridized carbons (Fsp3) is 0.621. The number of hydrogen-bond acceptors (Lipinski definition) is 6. The first kappa shape index (κ1) is 30.0. The van der Waals surface area contributed by atoms with Crippen LogP contribution in [0.15, 0.2) is 30.3 Å². The van der Waals surface area contributed by atoms with Crippen LogP contribution in [0, 0.1) is 0 Å². The zero-order valence-electron chi connectivity index (χ0n) is 23.0. The maximum Gasteiger partial charge on any atom is 0.417 e. The molecular formula is C29H39F3N4O4. The molecule has 220 valence electrons. The van der Waals surface area contributed by atoms with Crippen LogP contribution < -0.4 is 10.6 Å². The Bertz CT molecular complexity index is 1120. The van der Waals surface area contributed by atoms with Crippen molar-refractivity contribution in [3.8, 4) is 11.3 Å². The molecule has 2 fully saturated rings. The molecule has 2 aliphatic rings. The molecule has 40 heavy (non-hydrogen) atoms. The van der Waals surface area contributed by atoms with Crippen molar-refractivity contribution in [2.24, 2.45) is 0 Å². The molecule has 1 atom stereocenters. The van der Waals surface area contributed by atoms with E-state index in [0.29, 0.717) is 26.4 Å².